The predicted molar refractivity (Wildman–Crippen MR) is 245 cm³/mol. The Morgan fingerprint density at radius 2 is 1.16 bits per heavy atom. The number of hydrogen-bond acceptors (Lipinski definition) is 3. The molecule has 0 amide bonds. The standard InChI is InChI=1S/C53H56BN3/c1-35-31-42-49-44(32-35)54-43-19-13-14-20-45(43)56(38-17-11-10-12-18-38)46-33-41(34-47(48(46)54)57(49)53(9)30-16-15-29-52(42,53)8)55(39-25-21-36(22-26-39)50(2,3)4)40-27-23-37(24-28-40)51(5,6)7/h10-14,17-28,31-34H,15-16,29-30H2,1-9H3. The number of rotatable bonds is 4. The highest BCUT2D eigenvalue weighted by Crippen LogP contribution is 2.62. The molecule has 4 aliphatic rings. The number of anilines is 8. The Labute approximate surface area is 341 Å². The summed E-state index contributed by atoms with van der Waals surface area (Å²) in [5.41, 5.74) is 20.0. The van der Waals surface area contributed by atoms with Gasteiger partial charge in [-0.05, 0) is 125 Å². The van der Waals surface area contributed by atoms with Crippen molar-refractivity contribution in [3.05, 3.63) is 150 Å². The molecule has 1 fully saturated rings. The van der Waals surface area contributed by atoms with Crippen LogP contribution >= 0.6 is 0 Å². The maximum atomic E-state index is 2.86. The van der Waals surface area contributed by atoms with Crippen LogP contribution in [-0.2, 0) is 16.2 Å². The molecule has 0 aromatic heterocycles. The number of hydrogen-bond donors (Lipinski definition) is 0. The van der Waals surface area contributed by atoms with Gasteiger partial charge in [0.15, 0.2) is 0 Å². The van der Waals surface area contributed by atoms with Gasteiger partial charge in [0.05, 0.1) is 11.2 Å². The Balaban J connectivity index is 1.30. The number of nitrogens with zero attached hydrogens (tertiary/aromatic N) is 3. The van der Waals surface area contributed by atoms with Gasteiger partial charge in [-0.1, -0.05) is 140 Å². The zero-order valence-electron chi connectivity index (χ0n) is 35.4. The van der Waals surface area contributed by atoms with E-state index < -0.39 is 0 Å². The molecule has 3 aliphatic heterocycles. The predicted octanol–water partition coefficient (Wildman–Crippen LogP) is 12.4. The van der Waals surface area contributed by atoms with E-state index in [0.717, 1.165) is 0 Å². The first-order valence-electron chi connectivity index (χ1n) is 21.3. The largest absolute Gasteiger partial charge is 0.335 e. The number of para-hydroxylation sites is 2. The van der Waals surface area contributed by atoms with E-state index in [9.17, 15) is 0 Å². The molecule has 1 aliphatic carbocycles. The van der Waals surface area contributed by atoms with Crippen LogP contribution in [0.15, 0.2) is 127 Å². The van der Waals surface area contributed by atoms with Gasteiger partial charge in [0.25, 0.3) is 6.71 Å². The molecule has 2 atom stereocenters. The first-order chi connectivity index (χ1) is 27.2. The van der Waals surface area contributed by atoms with Crippen LogP contribution in [-0.4, -0.2) is 12.3 Å². The van der Waals surface area contributed by atoms with E-state index in [1.54, 1.807) is 5.56 Å². The third-order valence-electron chi connectivity index (χ3n) is 14.3. The van der Waals surface area contributed by atoms with E-state index in [1.807, 2.05) is 0 Å². The molecule has 6 aromatic carbocycles. The van der Waals surface area contributed by atoms with Gasteiger partial charge in [-0.15, -0.1) is 0 Å². The smallest absolute Gasteiger partial charge is 0.252 e. The van der Waals surface area contributed by atoms with Crippen LogP contribution in [0.25, 0.3) is 0 Å². The van der Waals surface area contributed by atoms with E-state index in [0.29, 0.717) is 0 Å². The van der Waals surface area contributed by atoms with Crippen molar-refractivity contribution in [2.45, 2.75) is 110 Å². The SMILES string of the molecule is Cc1cc2c3c(c1)C1(C)CCCCC1(C)N3c1cc(N(c3ccc(C(C)(C)C)cc3)c3ccc(C(C)(C)C)cc3)cc3c1B2c1ccccc1N3c1ccccc1. The van der Waals surface area contributed by atoms with Crippen LogP contribution in [0.2, 0.25) is 0 Å². The van der Waals surface area contributed by atoms with Crippen molar-refractivity contribution < 1.29 is 0 Å². The summed E-state index contributed by atoms with van der Waals surface area (Å²) in [4.78, 5) is 7.92. The van der Waals surface area contributed by atoms with Gasteiger partial charge >= 0.3 is 0 Å². The Hall–Kier alpha value is -5.22. The molecule has 3 nitrogen and oxygen atoms in total. The van der Waals surface area contributed by atoms with Gasteiger partial charge < -0.3 is 14.7 Å². The molecule has 0 radical (unpaired) electrons. The second-order valence-corrected chi connectivity index (χ2v) is 19.9. The third kappa shape index (κ3) is 5.25. The highest BCUT2D eigenvalue weighted by Gasteiger charge is 2.61. The minimum absolute atomic E-state index is 0.0433. The van der Waals surface area contributed by atoms with Crippen LogP contribution in [0.1, 0.15) is 103 Å². The Kier molecular flexibility index (Phi) is 7.86. The molecule has 0 saturated heterocycles. The molecular weight excluding hydrogens is 689 g/mol. The second kappa shape index (κ2) is 12.4. The lowest BCUT2D eigenvalue weighted by molar-refractivity contribution is 0.195. The van der Waals surface area contributed by atoms with Crippen LogP contribution < -0.4 is 31.1 Å². The van der Waals surface area contributed by atoms with E-state index in [1.165, 1.54) is 104 Å². The lowest BCUT2D eigenvalue weighted by atomic mass is 9.33. The van der Waals surface area contributed by atoms with Gasteiger partial charge in [0.2, 0.25) is 0 Å². The highest BCUT2D eigenvalue weighted by molar-refractivity contribution is 7.00. The lowest BCUT2D eigenvalue weighted by Crippen LogP contribution is -2.64. The summed E-state index contributed by atoms with van der Waals surface area (Å²) < 4.78 is 0. The van der Waals surface area contributed by atoms with E-state index in [2.05, 4.69) is 204 Å². The summed E-state index contributed by atoms with van der Waals surface area (Å²) in [5, 5.41) is 0. The van der Waals surface area contributed by atoms with E-state index in [4.69, 9.17) is 0 Å². The molecule has 0 bridgehead atoms. The summed E-state index contributed by atoms with van der Waals surface area (Å²) in [6, 6.07) is 49.1. The molecule has 6 aromatic rings. The summed E-state index contributed by atoms with van der Waals surface area (Å²) >= 11 is 0. The molecular formula is C53H56BN3. The molecule has 57 heavy (non-hydrogen) atoms. The molecule has 10 rings (SSSR count). The van der Waals surface area contributed by atoms with E-state index >= 15 is 0 Å². The van der Waals surface area contributed by atoms with Crippen LogP contribution in [0, 0.1) is 6.92 Å². The van der Waals surface area contributed by atoms with Crippen molar-refractivity contribution in [1.82, 2.24) is 0 Å². The highest BCUT2D eigenvalue weighted by atomic mass is 15.3. The topological polar surface area (TPSA) is 9.72 Å². The van der Waals surface area contributed by atoms with Gasteiger partial charge in [0.1, 0.15) is 0 Å². The zero-order valence-corrected chi connectivity index (χ0v) is 35.4. The van der Waals surface area contributed by atoms with Crippen LogP contribution in [0.4, 0.5) is 45.5 Å². The fourth-order valence-corrected chi connectivity index (χ4v) is 11.1. The Morgan fingerprint density at radius 1 is 0.579 bits per heavy atom. The van der Waals surface area contributed by atoms with Crippen molar-refractivity contribution >= 4 is 68.6 Å². The Morgan fingerprint density at radius 3 is 1.79 bits per heavy atom. The molecule has 1 saturated carbocycles. The number of fused-ring (bicyclic) bond motifs is 7. The van der Waals surface area contributed by atoms with Gasteiger partial charge in [-0.3, -0.25) is 0 Å². The molecule has 2 unspecified atom stereocenters. The average molecular weight is 746 g/mol. The van der Waals surface area contributed by atoms with Gasteiger partial charge in [-0.2, -0.15) is 0 Å². The number of benzene rings is 6. The van der Waals surface area contributed by atoms with Crippen molar-refractivity contribution in [3.63, 3.8) is 0 Å². The minimum Gasteiger partial charge on any atom is -0.335 e. The quantitative estimate of drug-likeness (QED) is 0.166. The average Bonchev–Trinajstić information content (AvgIpc) is 3.39. The maximum absolute atomic E-state index is 2.86. The van der Waals surface area contributed by atoms with Crippen molar-refractivity contribution in [2.24, 2.45) is 0 Å². The first-order valence-corrected chi connectivity index (χ1v) is 21.3. The maximum Gasteiger partial charge on any atom is 0.252 e. The lowest BCUT2D eigenvalue weighted by Gasteiger charge is -2.53. The number of aryl methyl sites for hydroxylation is 1. The Bertz CT molecular complexity index is 2490. The summed E-state index contributed by atoms with van der Waals surface area (Å²) in [6.45, 7) is 21.4. The second-order valence-electron chi connectivity index (χ2n) is 19.9. The monoisotopic (exact) mass is 745 g/mol. The normalized spacial score (nSPS) is 20.5. The summed E-state index contributed by atoms with van der Waals surface area (Å²) in [6.07, 6.45) is 4.91. The third-order valence-corrected chi connectivity index (χ3v) is 14.3. The molecule has 3 heterocycles. The minimum atomic E-state index is -0.0599. The van der Waals surface area contributed by atoms with Crippen molar-refractivity contribution in [2.75, 3.05) is 14.7 Å². The zero-order chi connectivity index (χ0) is 39.6. The first kappa shape index (κ1) is 36.1. The van der Waals surface area contributed by atoms with Gasteiger partial charge in [-0.25, -0.2) is 0 Å². The molecule has 286 valence electrons. The van der Waals surface area contributed by atoms with E-state index in [-0.39, 0.29) is 28.5 Å². The summed E-state index contributed by atoms with van der Waals surface area (Å²) in [5.74, 6) is 0. The van der Waals surface area contributed by atoms with Crippen LogP contribution in [0.3, 0.4) is 0 Å². The fraction of sp³-hybridized carbons (Fsp3) is 0.321. The molecule has 4 heteroatoms. The van der Waals surface area contributed by atoms with Crippen molar-refractivity contribution in [1.29, 1.82) is 0 Å². The molecule has 0 N–H and O–H groups in total. The summed E-state index contributed by atoms with van der Waals surface area (Å²) in [7, 11) is 0. The van der Waals surface area contributed by atoms with Crippen LogP contribution in [0.5, 0.6) is 0 Å². The molecule has 0 spiro atoms. The fourth-order valence-electron chi connectivity index (χ4n) is 11.1. The van der Waals surface area contributed by atoms with Gasteiger partial charge in [0, 0.05) is 45.2 Å². The van der Waals surface area contributed by atoms with Crippen molar-refractivity contribution in [3.8, 4) is 0 Å².